The Hall–Kier alpha value is -3.40. The van der Waals surface area contributed by atoms with Gasteiger partial charge in [-0.2, -0.15) is 0 Å². The molecule has 1 aliphatic heterocycles. The average Bonchev–Trinajstić information content (AvgIpc) is 3.42. The normalized spacial score (nSPS) is 19.1. The predicted octanol–water partition coefficient (Wildman–Crippen LogP) is 3.17. The third-order valence-corrected chi connectivity index (χ3v) is 7.60. The second-order valence-electron chi connectivity index (χ2n) is 9.48. The van der Waals surface area contributed by atoms with Crippen molar-refractivity contribution in [1.82, 2.24) is 10.2 Å². The number of amides is 5. The van der Waals surface area contributed by atoms with Crippen molar-refractivity contribution < 1.29 is 23.9 Å². The number of benzene rings is 1. The number of nitrogens with zero attached hydrogens (tertiary/aromatic N) is 1. The Labute approximate surface area is 208 Å². The Kier molecular flexibility index (Phi) is 6.84. The summed E-state index contributed by atoms with van der Waals surface area (Å²) in [5.74, 6) is -0.493. The van der Waals surface area contributed by atoms with Gasteiger partial charge in [-0.15, -0.1) is 11.3 Å². The molecule has 2 aliphatic rings. The highest BCUT2D eigenvalue weighted by Gasteiger charge is 2.49. The van der Waals surface area contributed by atoms with E-state index in [0.29, 0.717) is 34.4 Å². The van der Waals surface area contributed by atoms with E-state index in [0.717, 1.165) is 41.0 Å². The molecule has 10 heteroatoms. The number of ether oxygens (including phenoxy) is 1. The van der Waals surface area contributed by atoms with Gasteiger partial charge in [0.2, 0.25) is 5.91 Å². The van der Waals surface area contributed by atoms with Gasteiger partial charge in [-0.1, -0.05) is 26.0 Å². The lowest BCUT2D eigenvalue weighted by atomic mass is 9.92. The highest BCUT2D eigenvalue weighted by molar-refractivity contribution is 7.17. The summed E-state index contributed by atoms with van der Waals surface area (Å²) in [7, 11) is 0. The van der Waals surface area contributed by atoms with Gasteiger partial charge in [0.15, 0.2) is 0 Å². The summed E-state index contributed by atoms with van der Waals surface area (Å²) in [6.07, 6.45) is 3.46. The molecule has 35 heavy (non-hydrogen) atoms. The summed E-state index contributed by atoms with van der Waals surface area (Å²) in [5.41, 5.74) is 6.03. The smallest absolute Gasteiger partial charge is 0.325 e. The number of imide groups is 1. The van der Waals surface area contributed by atoms with Crippen molar-refractivity contribution in [2.75, 3.05) is 18.5 Å². The highest BCUT2D eigenvalue weighted by atomic mass is 32.1. The number of carbonyl (C=O) groups excluding carboxylic acids is 4. The third-order valence-electron chi connectivity index (χ3n) is 6.39. The zero-order valence-electron chi connectivity index (χ0n) is 20.1. The number of anilines is 1. The van der Waals surface area contributed by atoms with Crippen LogP contribution >= 0.6 is 11.3 Å². The first kappa shape index (κ1) is 24.7. The van der Waals surface area contributed by atoms with Crippen LogP contribution in [0.1, 0.15) is 60.0 Å². The maximum Gasteiger partial charge on any atom is 0.325 e. The molecule has 1 saturated heterocycles. The molecule has 1 atom stereocenters. The number of nitrogens with one attached hydrogen (secondary N) is 2. The Morgan fingerprint density at radius 3 is 2.60 bits per heavy atom. The number of urea groups is 1. The fourth-order valence-corrected chi connectivity index (χ4v) is 5.71. The van der Waals surface area contributed by atoms with Crippen molar-refractivity contribution in [2.45, 2.75) is 52.0 Å². The predicted molar refractivity (Wildman–Crippen MR) is 132 cm³/mol. The van der Waals surface area contributed by atoms with E-state index in [2.05, 4.69) is 24.5 Å². The highest BCUT2D eigenvalue weighted by Crippen LogP contribution is 2.39. The first-order valence-electron chi connectivity index (χ1n) is 11.7. The number of thiophene rings is 1. The van der Waals surface area contributed by atoms with Crippen LogP contribution in [0, 0.1) is 5.92 Å². The molecule has 2 aromatic rings. The van der Waals surface area contributed by atoms with Crippen LogP contribution in [-0.2, 0) is 28.0 Å². The number of primary amides is 1. The molecule has 4 N–H and O–H groups in total. The number of hydrogen-bond donors (Lipinski definition) is 3. The fraction of sp³-hybridized carbons (Fsp3) is 0.440. The molecule has 0 bridgehead atoms. The molecule has 2 heterocycles. The molecule has 1 aliphatic carbocycles. The summed E-state index contributed by atoms with van der Waals surface area (Å²) in [5, 5.41) is 5.75. The number of nitrogens with two attached hydrogens (primary N) is 1. The minimum Gasteiger partial charge on any atom is -0.494 e. The molecule has 1 aromatic carbocycles. The van der Waals surface area contributed by atoms with Gasteiger partial charge >= 0.3 is 6.03 Å². The lowest BCUT2D eigenvalue weighted by molar-refractivity contribution is -0.133. The zero-order valence-corrected chi connectivity index (χ0v) is 20.9. The maximum absolute atomic E-state index is 13.2. The maximum atomic E-state index is 13.2. The largest absolute Gasteiger partial charge is 0.494 e. The van der Waals surface area contributed by atoms with Crippen molar-refractivity contribution >= 4 is 40.1 Å². The average molecular weight is 499 g/mol. The van der Waals surface area contributed by atoms with Crippen LogP contribution in [-0.4, -0.2) is 41.8 Å². The third kappa shape index (κ3) is 4.88. The second kappa shape index (κ2) is 9.69. The Balaban J connectivity index is 1.43. The lowest BCUT2D eigenvalue weighted by Crippen LogP contribution is -2.42. The van der Waals surface area contributed by atoms with Crippen molar-refractivity contribution in [3.05, 3.63) is 45.8 Å². The molecular formula is C25H30N4O5S. The van der Waals surface area contributed by atoms with Gasteiger partial charge in [0, 0.05) is 4.88 Å². The molecule has 9 nitrogen and oxygen atoms in total. The first-order chi connectivity index (χ1) is 16.6. The van der Waals surface area contributed by atoms with Gasteiger partial charge in [0.05, 0.1) is 12.2 Å². The van der Waals surface area contributed by atoms with E-state index in [9.17, 15) is 19.2 Å². The summed E-state index contributed by atoms with van der Waals surface area (Å²) >= 11 is 1.32. The molecule has 5 amide bonds. The number of aryl methyl sites for hydroxylation is 1. The van der Waals surface area contributed by atoms with Crippen LogP contribution in [0.2, 0.25) is 0 Å². The van der Waals surface area contributed by atoms with Crippen molar-refractivity contribution in [3.8, 4) is 5.75 Å². The molecular weight excluding hydrogens is 468 g/mol. The number of rotatable bonds is 9. The van der Waals surface area contributed by atoms with Crippen LogP contribution < -0.4 is 21.1 Å². The van der Waals surface area contributed by atoms with Crippen molar-refractivity contribution in [2.24, 2.45) is 11.7 Å². The SMILES string of the molecule is CC(C)CCOc1ccc([C@]2(C)NC(=O)N(CC(=O)Nc3sc4c(c3C(N)=O)CCC4)C2=O)cc1. The van der Waals surface area contributed by atoms with E-state index in [1.54, 1.807) is 31.2 Å². The van der Waals surface area contributed by atoms with Crippen molar-refractivity contribution in [1.29, 1.82) is 0 Å². The second-order valence-corrected chi connectivity index (χ2v) is 10.6. The number of hydrogen-bond acceptors (Lipinski definition) is 6. The monoisotopic (exact) mass is 498 g/mol. The lowest BCUT2D eigenvalue weighted by Gasteiger charge is -2.22. The zero-order chi connectivity index (χ0) is 25.3. The summed E-state index contributed by atoms with van der Waals surface area (Å²) in [6.45, 7) is 5.97. The molecule has 0 radical (unpaired) electrons. The van der Waals surface area contributed by atoms with Crippen LogP contribution in [0.25, 0.3) is 0 Å². The van der Waals surface area contributed by atoms with Gasteiger partial charge in [-0.3, -0.25) is 19.3 Å². The topological polar surface area (TPSA) is 131 Å². The molecule has 186 valence electrons. The van der Waals surface area contributed by atoms with E-state index < -0.39 is 35.8 Å². The standard InChI is InChI=1S/C25H30N4O5S/c1-14(2)11-12-34-16-9-7-15(8-10-16)25(3)23(32)29(24(33)28-25)13-19(30)27-22-20(21(26)31)17-5-4-6-18(17)35-22/h7-10,14H,4-6,11-13H2,1-3H3,(H2,26,31)(H,27,30)(H,28,33)/t25-/m0/s1. The minimum atomic E-state index is -1.31. The van der Waals surface area contributed by atoms with Crippen LogP contribution in [0.3, 0.4) is 0 Å². The van der Waals surface area contributed by atoms with Gasteiger partial charge in [-0.25, -0.2) is 4.79 Å². The first-order valence-corrected chi connectivity index (χ1v) is 12.5. The number of carbonyl (C=O) groups is 4. The summed E-state index contributed by atoms with van der Waals surface area (Å²) in [4.78, 5) is 52.5. The van der Waals surface area contributed by atoms with E-state index in [1.807, 2.05) is 0 Å². The molecule has 0 saturated carbocycles. The van der Waals surface area contributed by atoms with Gasteiger partial charge in [0.1, 0.15) is 22.8 Å². The molecule has 1 fully saturated rings. The van der Waals surface area contributed by atoms with Crippen LogP contribution in [0.4, 0.5) is 9.80 Å². The van der Waals surface area contributed by atoms with Crippen LogP contribution in [0.15, 0.2) is 24.3 Å². The van der Waals surface area contributed by atoms with Gasteiger partial charge < -0.3 is 21.1 Å². The Morgan fingerprint density at radius 2 is 1.94 bits per heavy atom. The van der Waals surface area contributed by atoms with E-state index in [4.69, 9.17) is 10.5 Å². The van der Waals surface area contributed by atoms with E-state index >= 15 is 0 Å². The summed E-state index contributed by atoms with van der Waals surface area (Å²) in [6, 6.07) is 6.33. The Morgan fingerprint density at radius 1 is 1.23 bits per heavy atom. The van der Waals surface area contributed by atoms with E-state index in [-0.39, 0.29) is 0 Å². The van der Waals surface area contributed by atoms with Gasteiger partial charge in [0.25, 0.3) is 11.8 Å². The molecule has 1 aromatic heterocycles. The summed E-state index contributed by atoms with van der Waals surface area (Å²) < 4.78 is 5.73. The van der Waals surface area contributed by atoms with Gasteiger partial charge in [-0.05, 0) is 61.8 Å². The molecule has 0 unspecified atom stereocenters. The number of fused-ring (bicyclic) bond motifs is 1. The quantitative estimate of drug-likeness (QED) is 0.457. The van der Waals surface area contributed by atoms with E-state index in [1.165, 1.54) is 11.3 Å². The fourth-order valence-electron chi connectivity index (χ4n) is 4.40. The molecule has 0 spiro atoms. The van der Waals surface area contributed by atoms with Crippen molar-refractivity contribution in [3.63, 3.8) is 0 Å². The van der Waals surface area contributed by atoms with Crippen LogP contribution in [0.5, 0.6) is 5.75 Å². The Bertz CT molecular complexity index is 1170. The minimum absolute atomic E-state index is 0.327. The molecule has 4 rings (SSSR count).